The van der Waals surface area contributed by atoms with E-state index in [0.29, 0.717) is 17.5 Å². The smallest absolute Gasteiger partial charge is 0.164 e. The number of fused-ring (bicyclic) bond motifs is 10. The molecule has 13 aromatic rings. The van der Waals surface area contributed by atoms with Gasteiger partial charge in [0.05, 0.1) is 0 Å². The Morgan fingerprint density at radius 2 is 0.885 bits per heavy atom. The summed E-state index contributed by atoms with van der Waals surface area (Å²) in [6.45, 7) is 0. The number of nitrogens with zero attached hydrogens (tertiary/aromatic N) is 3. The zero-order valence-corrected chi connectivity index (χ0v) is 34.1. The Kier molecular flexibility index (Phi) is 7.61. The predicted octanol–water partition coefficient (Wildman–Crippen LogP) is 16.0. The van der Waals surface area contributed by atoms with E-state index < -0.39 is 0 Å². The third-order valence-corrected chi connectivity index (χ3v) is 14.2. The molecule has 284 valence electrons. The molecule has 0 aliphatic carbocycles. The lowest BCUT2D eigenvalue weighted by atomic mass is 9.92. The normalized spacial score (nSPS) is 11.9. The topological polar surface area (TPSA) is 51.8 Å². The molecule has 0 N–H and O–H groups in total. The van der Waals surface area contributed by atoms with Crippen LogP contribution in [0.25, 0.3) is 129 Å². The summed E-state index contributed by atoms with van der Waals surface area (Å²) in [5, 5.41) is 9.51. The van der Waals surface area contributed by atoms with E-state index in [1.54, 1.807) is 11.3 Å². The van der Waals surface area contributed by atoms with E-state index in [4.69, 9.17) is 19.4 Å². The highest BCUT2D eigenvalue weighted by Crippen LogP contribution is 2.45. The van der Waals surface area contributed by atoms with Gasteiger partial charge in [0.1, 0.15) is 11.2 Å². The minimum Gasteiger partial charge on any atom is -0.455 e. The van der Waals surface area contributed by atoms with Gasteiger partial charge in [0, 0.05) is 73.4 Å². The molecule has 0 aliphatic heterocycles. The number of hydrogen-bond donors (Lipinski definition) is 0. The molecule has 4 nitrogen and oxygen atoms in total. The van der Waals surface area contributed by atoms with E-state index in [9.17, 15) is 0 Å². The standard InChI is InChI=1S/C55H31N3OS2/c1-2-12-32(13-3-1)53-56-54(35-25-27-42-40-17-7-9-23-48(40)61-50(42)31-35)58-55(57-53)36-28-33-14-4-5-15-37(33)45(29-36)43-19-11-21-46-51(43)44-20-10-18-38(52(44)59-46)34-24-26-41-39-16-6-8-22-47(39)60-49(41)30-34/h1-31H. The van der Waals surface area contributed by atoms with Gasteiger partial charge in [-0.25, -0.2) is 15.0 Å². The fourth-order valence-electron chi connectivity index (χ4n) is 9.07. The summed E-state index contributed by atoms with van der Waals surface area (Å²) in [5.74, 6) is 1.90. The first kappa shape index (κ1) is 34.4. The predicted molar refractivity (Wildman–Crippen MR) is 258 cm³/mol. The molecule has 0 spiro atoms. The fraction of sp³-hybridized carbons (Fsp3) is 0. The Hall–Kier alpha value is -7.51. The van der Waals surface area contributed by atoms with E-state index in [-0.39, 0.29) is 0 Å². The van der Waals surface area contributed by atoms with Crippen LogP contribution in [0.15, 0.2) is 192 Å². The molecule has 0 saturated carbocycles. The van der Waals surface area contributed by atoms with Gasteiger partial charge in [-0.3, -0.25) is 0 Å². The fourth-order valence-corrected chi connectivity index (χ4v) is 11.4. The van der Waals surface area contributed by atoms with Crippen molar-refractivity contribution < 1.29 is 4.42 Å². The van der Waals surface area contributed by atoms with Gasteiger partial charge in [0.2, 0.25) is 0 Å². The van der Waals surface area contributed by atoms with Crippen LogP contribution >= 0.6 is 22.7 Å². The third-order valence-electron chi connectivity index (χ3n) is 11.9. The first-order chi connectivity index (χ1) is 30.2. The van der Waals surface area contributed by atoms with Crippen molar-refractivity contribution in [1.82, 2.24) is 15.0 Å². The van der Waals surface area contributed by atoms with Crippen molar-refractivity contribution in [2.45, 2.75) is 0 Å². The quantitative estimate of drug-likeness (QED) is 0.174. The van der Waals surface area contributed by atoms with Crippen LogP contribution in [0, 0.1) is 0 Å². The molecule has 0 saturated heterocycles. The SMILES string of the molecule is c1ccc(-c2nc(-c3cc(-c4cccc5oc6c(-c7ccc8c(c7)sc7ccccc78)cccc6c45)c4ccccc4c3)nc(-c3ccc4c(c3)sc3ccccc34)n2)cc1. The van der Waals surface area contributed by atoms with E-state index >= 15 is 0 Å². The summed E-state index contributed by atoms with van der Waals surface area (Å²) in [6, 6.07) is 66.7. The molecule has 4 heterocycles. The highest BCUT2D eigenvalue weighted by molar-refractivity contribution is 7.26. The van der Waals surface area contributed by atoms with Gasteiger partial charge in [-0.2, -0.15) is 0 Å². The van der Waals surface area contributed by atoms with Crippen LogP contribution in [-0.2, 0) is 0 Å². The second-order valence-electron chi connectivity index (χ2n) is 15.5. The van der Waals surface area contributed by atoms with Crippen molar-refractivity contribution in [3.8, 4) is 56.4 Å². The molecule has 0 amide bonds. The zero-order chi connectivity index (χ0) is 40.0. The van der Waals surface area contributed by atoms with Crippen molar-refractivity contribution in [3.63, 3.8) is 0 Å². The molecular formula is C55H31N3OS2. The lowest BCUT2D eigenvalue weighted by Gasteiger charge is -2.13. The van der Waals surface area contributed by atoms with Gasteiger partial charge < -0.3 is 4.42 Å². The Balaban J connectivity index is 1.000. The first-order valence-electron chi connectivity index (χ1n) is 20.3. The van der Waals surface area contributed by atoms with Gasteiger partial charge in [-0.05, 0) is 69.9 Å². The summed E-state index contributed by atoms with van der Waals surface area (Å²) < 4.78 is 11.9. The van der Waals surface area contributed by atoms with E-state index in [1.807, 2.05) is 29.5 Å². The van der Waals surface area contributed by atoms with Crippen LogP contribution in [0.2, 0.25) is 0 Å². The number of benzene rings is 9. The molecule has 0 fully saturated rings. The van der Waals surface area contributed by atoms with Crippen LogP contribution < -0.4 is 0 Å². The minimum atomic E-state index is 0.621. The highest BCUT2D eigenvalue weighted by atomic mass is 32.1. The number of furan rings is 1. The number of aromatic nitrogens is 3. The largest absolute Gasteiger partial charge is 0.455 e. The Morgan fingerprint density at radius 3 is 1.64 bits per heavy atom. The van der Waals surface area contributed by atoms with Crippen molar-refractivity contribution >= 4 is 95.7 Å². The van der Waals surface area contributed by atoms with Gasteiger partial charge in [-0.1, -0.05) is 146 Å². The number of para-hydroxylation sites is 1. The molecule has 0 bridgehead atoms. The van der Waals surface area contributed by atoms with Crippen LogP contribution in [0.3, 0.4) is 0 Å². The summed E-state index contributed by atoms with van der Waals surface area (Å²) in [5.41, 5.74) is 8.96. The molecular weight excluding hydrogens is 783 g/mol. The molecule has 0 aliphatic rings. The Labute approximate surface area is 357 Å². The molecule has 9 aromatic carbocycles. The van der Waals surface area contributed by atoms with Crippen LogP contribution in [0.5, 0.6) is 0 Å². The minimum absolute atomic E-state index is 0.621. The number of hydrogen-bond acceptors (Lipinski definition) is 6. The first-order valence-corrected chi connectivity index (χ1v) is 22.0. The maximum absolute atomic E-state index is 6.85. The average Bonchev–Trinajstić information content (AvgIpc) is 4.02. The molecule has 6 heteroatoms. The summed E-state index contributed by atoms with van der Waals surface area (Å²) in [7, 11) is 0. The van der Waals surface area contributed by atoms with Crippen LogP contribution in [-0.4, -0.2) is 15.0 Å². The van der Waals surface area contributed by atoms with Gasteiger partial charge in [-0.15, -0.1) is 22.7 Å². The van der Waals surface area contributed by atoms with Crippen molar-refractivity contribution in [2.24, 2.45) is 0 Å². The second-order valence-corrected chi connectivity index (χ2v) is 17.7. The van der Waals surface area contributed by atoms with E-state index in [2.05, 4.69) is 170 Å². The lowest BCUT2D eigenvalue weighted by molar-refractivity contribution is 0.670. The maximum atomic E-state index is 6.85. The molecule has 4 aromatic heterocycles. The van der Waals surface area contributed by atoms with Crippen LogP contribution in [0.4, 0.5) is 0 Å². The van der Waals surface area contributed by atoms with Gasteiger partial charge in [0.25, 0.3) is 0 Å². The average molecular weight is 814 g/mol. The summed E-state index contributed by atoms with van der Waals surface area (Å²) >= 11 is 3.63. The van der Waals surface area contributed by atoms with Gasteiger partial charge >= 0.3 is 0 Å². The third kappa shape index (κ3) is 5.53. The lowest BCUT2D eigenvalue weighted by Crippen LogP contribution is -2.00. The van der Waals surface area contributed by atoms with Crippen molar-refractivity contribution in [1.29, 1.82) is 0 Å². The Morgan fingerprint density at radius 1 is 0.328 bits per heavy atom. The molecule has 61 heavy (non-hydrogen) atoms. The van der Waals surface area contributed by atoms with Gasteiger partial charge in [0.15, 0.2) is 17.5 Å². The molecule has 0 unspecified atom stereocenters. The van der Waals surface area contributed by atoms with E-state index in [0.717, 1.165) is 71.7 Å². The second kappa shape index (κ2) is 13.5. The van der Waals surface area contributed by atoms with Crippen LogP contribution in [0.1, 0.15) is 0 Å². The van der Waals surface area contributed by atoms with Crippen molar-refractivity contribution in [2.75, 3.05) is 0 Å². The summed E-state index contributed by atoms with van der Waals surface area (Å²) in [4.78, 5) is 15.5. The number of rotatable bonds is 5. The van der Waals surface area contributed by atoms with Crippen molar-refractivity contribution in [3.05, 3.63) is 188 Å². The monoisotopic (exact) mass is 813 g/mol. The maximum Gasteiger partial charge on any atom is 0.164 e. The Bertz CT molecular complexity index is 3900. The molecule has 0 radical (unpaired) electrons. The zero-order valence-electron chi connectivity index (χ0n) is 32.5. The highest BCUT2D eigenvalue weighted by Gasteiger charge is 2.20. The molecule has 13 rings (SSSR count). The number of thiophene rings is 2. The van der Waals surface area contributed by atoms with E-state index in [1.165, 1.54) is 40.3 Å². The summed E-state index contributed by atoms with van der Waals surface area (Å²) in [6.07, 6.45) is 0. The molecule has 0 atom stereocenters.